The van der Waals surface area contributed by atoms with Gasteiger partial charge in [-0.1, -0.05) is 23.2 Å². The second kappa shape index (κ2) is 16.6. The average Bonchev–Trinajstić information content (AvgIpc) is 3.51. The van der Waals surface area contributed by atoms with Crippen LogP contribution in [0.3, 0.4) is 0 Å². The third-order valence-corrected chi connectivity index (χ3v) is 6.32. The van der Waals surface area contributed by atoms with Crippen LogP contribution in [0.2, 0.25) is 10.0 Å². The zero-order valence-electron chi connectivity index (χ0n) is 28.9. The summed E-state index contributed by atoms with van der Waals surface area (Å²) in [5.74, 6) is -5.26. The van der Waals surface area contributed by atoms with Gasteiger partial charge in [0.05, 0.1) is 26.9 Å². The second-order valence-corrected chi connectivity index (χ2v) is 13.5. The van der Waals surface area contributed by atoms with Crippen LogP contribution < -0.4 is 10.3 Å². The van der Waals surface area contributed by atoms with Crippen molar-refractivity contribution in [1.29, 1.82) is 0 Å². The van der Waals surface area contributed by atoms with E-state index >= 15 is 0 Å². The molecule has 0 saturated heterocycles. The summed E-state index contributed by atoms with van der Waals surface area (Å²) in [5, 5.41) is 4.70. The fourth-order valence-corrected chi connectivity index (χ4v) is 4.07. The Labute approximate surface area is 305 Å². The van der Waals surface area contributed by atoms with Crippen LogP contribution in [0, 0.1) is 31.3 Å². The van der Waals surface area contributed by atoms with Crippen LogP contribution in [0.4, 0.5) is 49.1 Å². The Kier molecular flexibility index (Phi) is 13.9. The van der Waals surface area contributed by atoms with Crippen molar-refractivity contribution in [3.63, 3.8) is 0 Å². The Morgan fingerprint density at radius 2 is 1.17 bits per heavy atom. The highest BCUT2D eigenvalue weighted by Crippen LogP contribution is 2.38. The minimum Gasteiger partial charge on any atom is -0.442 e. The molecule has 2 aromatic heterocycles. The molecule has 4 rings (SSSR count). The number of aromatic nitrogens is 4. The normalized spacial score (nSPS) is 11.9. The summed E-state index contributed by atoms with van der Waals surface area (Å²) in [6, 6.07) is 3.82. The van der Waals surface area contributed by atoms with Crippen molar-refractivity contribution < 1.29 is 63.3 Å². The fraction of sp³-hybridized carbons (Fsp3) is 0.375. The molecule has 0 saturated carbocycles. The Bertz CT molecular complexity index is 1960. The number of aromatic amines is 1. The minimum atomic E-state index is -4.75. The fourth-order valence-electron chi connectivity index (χ4n) is 3.61. The van der Waals surface area contributed by atoms with Gasteiger partial charge in [-0.2, -0.15) is 35.7 Å². The lowest BCUT2D eigenvalue weighted by Gasteiger charge is -2.19. The third-order valence-electron chi connectivity index (χ3n) is 5.77. The zero-order valence-corrected chi connectivity index (χ0v) is 30.4. The zero-order chi connectivity index (χ0) is 41.0. The smallest absolute Gasteiger partial charge is 0.435 e. The number of aryl methyl sites for hydroxylation is 2. The average molecular weight is 810 g/mol. The molecule has 0 atom stereocenters. The van der Waals surface area contributed by atoms with Crippen molar-refractivity contribution in [3.8, 4) is 11.6 Å². The number of benzene rings is 2. The summed E-state index contributed by atoms with van der Waals surface area (Å²) in [5.41, 5.74) is -3.35. The van der Waals surface area contributed by atoms with Gasteiger partial charge in [0.15, 0.2) is 23.2 Å². The molecule has 0 amide bonds. The van der Waals surface area contributed by atoms with Gasteiger partial charge in [-0.05, 0) is 79.7 Å². The molecule has 0 aliphatic carbocycles. The van der Waals surface area contributed by atoms with Gasteiger partial charge in [0.1, 0.15) is 11.2 Å². The molecule has 1 N–H and O–H groups in total. The number of H-pyrrole nitrogens is 1. The van der Waals surface area contributed by atoms with Crippen molar-refractivity contribution in [2.75, 3.05) is 0 Å². The molecule has 0 spiro atoms. The van der Waals surface area contributed by atoms with Crippen LogP contribution in [0.5, 0.6) is 11.6 Å². The summed E-state index contributed by atoms with van der Waals surface area (Å²) in [6.45, 7) is 13.5. The van der Waals surface area contributed by atoms with E-state index in [1.807, 2.05) is 0 Å². The quantitative estimate of drug-likeness (QED) is 0.158. The number of hydrogen-bond donors (Lipinski definition) is 1. The van der Waals surface area contributed by atoms with E-state index in [9.17, 15) is 53.9 Å². The van der Waals surface area contributed by atoms with Gasteiger partial charge in [0.25, 0.3) is 5.56 Å². The van der Waals surface area contributed by atoms with Crippen LogP contribution in [-0.4, -0.2) is 42.9 Å². The molecule has 0 aliphatic rings. The molecule has 53 heavy (non-hydrogen) atoms. The van der Waals surface area contributed by atoms with E-state index in [2.05, 4.69) is 10.2 Å². The van der Waals surface area contributed by atoms with Gasteiger partial charge in [-0.3, -0.25) is 9.89 Å². The minimum absolute atomic E-state index is 0.0568. The number of halogens is 11. The first-order valence-electron chi connectivity index (χ1n) is 14.7. The number of rotatable bonds is 2. The Morgan fingerprint density at radius 3 is 1.58 bits per heavy atom. The molecular formula is C32H31Cl2F9N4O6. The standard InChI is InChI=1S/C16H15ClF4N2O3.C9H14N2O3.C7H2ClF5/c1-8-5-12(22-23(8)14(24)26-15(2,3)4)25-13-10(17)6-9(7-11(13)18)16(19,20)21;1-6-5-7(12)10-11(6)8(13)14-9(2,3)4;8-4-1-3(7(11,12)13)2-5(9)6(4)10/h5-7H,1-4H3;5H,1-4H3,(H,10,12);1-2H. The highest BCUT2D eigenvalue weighted by atomic mass is 35.5. The SMILES string of the molecule is Cc1cc(=O)[nH]n1C(=O)OC(C)(C)C.Cc1cc(Oc2c(F)cc(C(F)(F)F)cc2Cl)nn1C(=O)OC(C)(C)C.Fc1cc(C(F)(F)F)cc(Cl)c1F. The van der Waals surface area contributed by atoms with Gasteiger partial charge in [-0.25, -0.2) is 22.8 Å². The van der Waals surface area contributed by atoms with E-state index in [1.165, 1.54) is 19.1 Å². The number of alkyl halides is 6. The lowest BCUT2D eigenvalue weighted by Crippen LogP contribution is -2.28. The first kappa shape index (κ1) is 44.5. The summed E-state index contributed by atoms with van der Waals surface area (Å²) < 4.78 is 130. The molecule has 21 heteroatoms. The van der Waals surface area contributed by atoms with Crippen LogP contribution >= 0.6 is 23.2 Å². The Hall–Kier alpha value is -4.65. The number of hydrogen-bond acceptors (Lipinski definition) is 7. The molecule has 0 radical (unpaired) electrons. The molecule has 2 aromatic carbocycles. The summed E-state index contributed by atoms with van der Waals surface area (Å²) in [4.78, 5) is 34.4. The van der Waals surface area contributed by atoms with Crippen LogP contribution in [0.1, 0.15) is 64.1 Å². The Balaban J connectivity index is 0.000000303. The predicted octanol–water partition coefficient (Wildman–Crippen LogP) is 10.5. The van der Waals surface area contributed by atoms with E-state index < -0.39 is 80.1 Å². The van der Waals surface area contributed by atoms with Crippen molar-refractivity contribution >= 4 is 35.4 Å². The molecule has 4 aromatic rings. The maximum absolute atomic E-state index is 14.0. The highest BCUT2D eigenvalue weighted by molar-refractivity contribution is 6.32. The number of nitrogens with zero attached hydrogens (tertiary/aromatic N) is 3. The molecule has 0 unspecified atom stereocenters. The summed E-state index contributed by atoms with van der Waals surface area (Å²) in [7, 11) is 0. The van der Waals surface area contributed by atoms with Crippen LogP contribution in [-0.2, 0) is 21.8 Å². The monoisotopic (exact) mass is 808 g/mol. The predicted molar refractivity (Wildman–Crippen MR) is 173 cm³/mol. The topological polar surface area (TPSA) is 117 Å². The lowest BCUT2D eigenvalue weighted by atomic mass is 10.2. The van der Waals surface area contributed by atoms with Crippen molar-refractivity contribution in [3.05, 3.63) is 96.8 Å². The molecule has 0 aliphatic heterocycles. The number of nitrogens with one attached hydrogen (secondary N) is 1. The number of ether oxygens (including phenoxy) is 3. The maximum Gasteiger partial charge on any atom is 0.435 e. The van der Waals surface area contributed by atoms with Crippen molar-refractivity contribution in [2.45, 2.75) is 78.9 Å². The van der Waals surface area contributed by atoms with Gasteiger partial charge in [0, 0.05) is 17.8 Å². The van der Waals surface area contributed by atoms with E-state index in [4.69, 9.17) is 37.4 Å². The first-order chi connectivity index (χ1) is 23.9. The van der Waals surface area contributed by atoms with Gasteiger partial charge in [-0.15, -0.1) is 5.10 Å². The maximum atomic E-state index is 14.0. The van der Waals surface area contributed by atoms with E-state index in [0.717, 1.165) is 9.36 Å². The number of carbonyl (C=O) groups excluding carboxylic acids is 2. The molecule has 0 fully saturated rings. The summed E-state index contributed by atoms with van der Waals surface area (Å²) >= 11 is 10.7. The third kappa shape index (κ3) is 13.4. The highest BCUT2D eigenvalue weighted by Gasteiger charge is 2.34. The molecular weight excluding hydrogens is 778 g/mol. The van der Waals surface area contributed by atoms with Gasteiger partial charge >= 0.3 is 24.5 Å². The van der Waals surface area contributed by atoms with Crippen LogP contribution in [0.25, 0.3) is 0 Å². The van der Waals surface area contributed by atoms with Crippen molar-refractivity contribution in [1.82, 2.24) is 19.6 Å². The largest absolute Gasteiger partial charge is 0.442 e. The number of carbonyl (C=O) groups is 2. The molecule has 0 bridgehead atoms. The van der Waals surface area contributed by atoms with E-state index in [-0.39, 0.29) is 23.6 Å². The molecule has 2 heterocycles. The van der Waals surface area contributed by atoms with Crippen molar-refractivity contribution in [2.24, 2.45) is 0 Å². The Morgan fingerprint density at radius 1 is 0.698 bits per heavy atom. The summed E-state index contributed by atoms with van der Waals surface area (Å²) in [6.07, 6.45) is -10.8. The van der Waals surface area contributed by atoms with Gasteiger partial charge in [0.2, 0.25) is 5.88 Å². The second-order valence-electron chi connectivity index (χ2n) is 12.7. The first-order valence-corrected chi connectivity index (χ1v) is 15.4. The van der Waals surface area contributed by atoms with Crippen LogP contribution in [0.15, 0.2) is 41.2 Å². The van der Waals surface area contributed by atoms with E-state index in [1.54, 1.807) is 48.5 Å². The molecule has 292 valence electrons. The molecule has 10 nitrogen and oxygen atoms in total. The van der Waals surface area contributed by atoms with Gasteiger partial charge < -0.3 is 14.2 Å². The van der Waals surface area contributed by atoms with E-state index in [0.29, 0.717) is 23.5 Å². The lowest BCUT2D eigenvalue weighted by molar-refractivity contribution is -0.138.